The molecular formula is C13H19NO2S. The Balaban J connectivity index is 2.09. The third-order valence-corrected chi connectivity index (χ3v) is 5.15. The van der Waals surface area contributed by atoms with Crippen molar-refractivity contribution in [3.63, 3.8) is 0 Å². The largest absolute Gasteiger partial charge is 0.214 e. The van der Waals surface area contributed by atoms with Gasteiger partial charge in [0.2, 0.25) is 10.0 Å². The normalized spacial score (nSPS) is 20.3. The standard InChI is InChI=1S/C13H19NO2S/c1-2-12-5-7-13(8-6-12)11-14-9-3-4-10-17(14,15)16/h5-8H,2-4,9-11H2,1H3. The number of benzene rings is 1. The average Bonchev–Trinajstić information content (AvgIpc) is 2.33. The minimum absolute atomic E-state index is 0.306. The van der Waals surface area contributed by atoms with Crippen molar-refractivity contribution in [2.75, 3.05) is 12.3 Å². The second-order valence-corrected chi connectivity index (χ2v) is 6.62. The Hall–Kier alpha value is -0.870. The van der Waals surface area contributed by atoms with Crippen LogP contribution in [-0.4, -0.2) is 25.0 Å². The van der Waals surface area contributed by atoms with Crippen LogP contribution >= 0.6 is 0 Å². The predicted octanol–water partition coefficient (Wildman–Crippen LogP) is 2.17. The molecule has 1 aliphatic rings. The van der Waals surface area contributed by atoms with Gasteiger partial charge in [0.15, 0.2) is 0 Å². The van der Waals surface area contributed by atoms with Gasteiger partial charge in [0, 0.05) is 13.1 Å². The van der Waals surface area contributed by atoms with E-state index < -0.39 is 10.0 Å². The van der Waals surface area contributed by atoms with Crippen LogP contribution in [-0.2, 0) is 23.0 Å². The highest BCUT2D eigenvalue weighted by Gasteiger charge is 2.25. The Morgan fingerprint density at radius 2 is 1.76 bits per heavy atom. The molecule has 17 heavy (non-hydrogen) atoms. The first kappa shape index (κ1) is 12.6. The lowest BCUT2D eigenvalue weighted by atomic mass is 10.1. The van der Waals surface area contributed by atoms with Gasteiger partial charge in [0.25, 0.3) is 0 Å². The van der Waals surface area contributed by atoms with Crippen molar-refractivity contribution in [1.82, 2.24) is 4.31 Å². The molecule has 0 atom stereocenters. The summed E-state index contributed by atoms with van der Waals surface area (Å²) in [6, 6.07) is 8.21. The van der Waals surface area contributed by atoms with Crippen molar-refractivity contribution < 1.29 is 8.42 Å². The molecule has 4 heteroatoms. The number of hydrogen-bond donors (Lipinski definition) is 0. The third kappa shape index (κ3) is 3.07. The molecule has 0 bridgehead atoms. The van der Waals surface area contributed by atoms with Gasteiger partial charge in [0.05, 0.1) is 5.75 Å². The van der Waals surface area contributed by atoms with Gasteiger partial charge in [-0.15, -0.1) is 0 Å². The molecule has 1 saturated heterocycles. The maximum atomic E-state index is 11.8. The molecule has 0 amide bonds. The van der Waals surface area contributed by atoms with Gasteiger partial charge in [-0.25, -0.2) is 8.42 Å². The van der Waals surface area contributed by atoms with E-state index in [1.807, 2.05) is 12.1 Å². The molecule has 1 aliphatic heterocycles. The SMILES string of the molecule is CCc1ccc(CN2CCCCS2(=O)=O)cc1. The summed E-state index contributed by atoms with van der Waals surface area (Å²) in [6.45, 7) is 3.30. The van der Waals surface area contributed by atoms with Crippen molar-refractivity contribution >= 4 is 10.0 Å². The Bertz CT molecular complexity index is 465. The summed E-state index contributed by atoms with van der Waals surface area (Å²) < 4.78 is 25.3. The highest BCUT2D eigenvalue weighted by atomic mass is 32.2. The number of hydrogen-bond acceptors (Lipinski definition) is 2. The van der Waals surface area contributed by atoms with Crippen LogP contribution in [0.5, 0.6) is 0 Å². The molecule has 1 aromatic carbocycles. The van der Waals surface area contributed by atoms with E-state index in [2.05, 4.69) is 19.1 Å². The van der Waals surface area contributed by atoms with Crippen LogP contribution in [0.3, 0.4) is 0 Å². The Morgan fingerprint density at radius 3 is 2.35 bits per heavy atom. The van der Waals surface area contributed by atoms with E-state index in [1.165, 1.54) is 5.56 Å². The van der Waals surface area contributed by atoms with Crippen LogP contribution in [0.4, 0.5) is 0 Å². The summed E-state index contributed by atoms with van der Waals surface area (Å²) in [5.74, 6) is 0.306. The Labute approximate surface area is 104 Å². The fourth-order valence-corrected chi connectivity index (χ4v) is 3.68. The van der Waals surface area contributed by atoms with Gasteiger partial charge in [0.1, 0.15) is 0 Å². The van der Waals surface area contributed by atoms with Crippen LogP contribution in [0.2, 0.25) is 0 Å². The van der Waals surface area contributed by atoms with Gasteiger partial charge in [-0.05, 0) is 30.4 Å². The molecule has 0 aromatic heterocycles. The molecule has 1 aromatic rings. The van der Waals surface area contributed by atoms with Crippen LogP contribution < -0.4 is 0 Å². The molecule has 0 saturated carbocycles. The minimum atomic E-state index is -3.00. The van der Waals surface area contributed by atoms with Crippen molar-refractivity contribution in [3.8, 4) is 0 Å². The van der Waals surface area contributed by atoms with Crippen LogP contribution in [0.1, 0.15) is 30.9 Å². The molecule has 0 spiro atoms. The molecule has 3 nitrogen and oxygen atoms in total. The third-order valence-electron chi connectivity index (χ3n) is 3.24. The van der Waals surface area contributed by atoms with E-state index in [0.717, 1.165) is 24.8 Å². The zero-order valence-corrected chi connectivity index (χ0v) is 11.0. The zero-order valence-electron chi connectivity index (χ0n) is 10.2. The second-order valence-electron chi connectivity index (χ2n) is 4.53. The monoisotopic (exact) mass is 253 g/mol. The number of nitrogens with zero attached hydrogens (tertiary/aromatic N) is 1. The maximum Gasteiger partial charge on any atom is 0.214 e. The van der Waals surface area contributed by atoms with E-state index >= 15 is 0 Å². The molecule has 0 aliphatic carbocycles. The molecule has 0 unspecified atom stereocenters. The fourth-order valence-electron chi connectivity index (χ4n) is 2.10. The summed E-state index contributed by atoms with van der Waals surface area (Å²) in [5.41, 5.74) is 2.36. The number of aryl methyl sites for hydroxylation is 1. The second kappa shape index (κ2) is 5.19. The minimum Gasteiger partial charge on any atom is -0.212 e. The quantitative estimate of drug-likeness (QED) is 0.828. The zero-order chi connectivity index (χ0) is 12.3. The summed E-state index contributed by atoms with van der Waals surface area (Å²) in [6.07, 6.45) is 2.79. The van der Waals surface area contributed by atoms with Crippen LogP contribution in [0, 0.1) is 0 Å². The lowest BCUT2D eigenvalue weighted by Crippen LogP contribution is -2.37. The van der Waals surface area contributed by atoms with E-state index in [1.54, 1.807) is 4.31 Å². The Kier molecular flexibility index (Phi) is 3.84. The first-order valence-corrected chi connectivity index (χ1v) is 7.78. The molecule has 1 fully saturated rings. The van der Waals surface area contributed by atoms with Gasteiger partial charge in [-0.2, -0.15) is 4.31 Å². The van der Waals surface area contributed by atoms with E-state index in [4.69, 9.17) is 0 Å². The predicted molar refractivity (Wildman–Crippen MR) is 69.3 cm³/mol. The van der Waals surface area contributed by atoms with Gasteiger partial charge >= 0.3 is 0 Å². The van der Waals surface area contributed by atoms with E-state index in [-0.39, 0.29) is 0 Å². The van der Waals surface area contributed by atoms with Crippen molar-refractivity contribution in [3.05, 3.63) is 35.4 Å². The molecule has 94 valence electrons. The van der Waals surface area contributed by atoms with Gasteiger partial charge in [-0.3, -0.25) is 0 Å². The molecule has 0 N–H and O–H groups in total. The summed E-state index contributed by atoms with van der Waals surface area (Å²) >= 11 is 0. The lowest BCUT2D eigenvalue weighted by molar-refractivity contribution is 0.378. The van der Waals surface area contributed by atoms with Crippen molar-refractivity contribution in [2.24, 2.45) is 0 Å². The first-order valence-electron chi connectivity index (χ1n) is 6.17. The molecule has 1 heterocycles. The molecule has 2 rings (SSSR count). The van der Waals surface area contributed by atoms with Gasteiger partial charge in [-0.1, -0.05) is 31.2 Å². The van der Waals surface area contributed by atoms with Crippen molar-refractivity contribution in [2.45, 2.75) is 32.7 Å². The van der Waals surface area contributed by atoms with E-state index in [0.29, 0.717) is 18.8 Å². The van der Waals surface area contributed by atoms with Crippen LogP contribution in [0.25, 0.3) is 0 Å². The van der Waals surface area contributed by atoms with Crippen molar-refractivity contribution in [1.29, 1.82) is 0 Å². The average molecular weight is 253 g/mol. The Morgan fingerprint density at radius 1 is 1.12 bits per heavy atom. The highest BCUT2D eigenvalue weighted by Crippen LogP contribution is 2.17. The maximum absolute atomic E-state index is 11.8. The molecule has 0 radical (unpaired) electrons. The number of sulfonamides is 1. The van der Waals surface area contributed by atoms with Crippen LogP contribution in [0.15, 0.2) is 24.3 Å². The molecular weight excluding hydrogens is 234 g/mol. The number of rotatable bonds is 3. The smallest absolute Gasteiger partial charge is 0.212 e. The topological polar surface area (TPSA) is 37.4 Å². The summed E-state index contributed by atoms with van der Waals surface area (Å²) in [5, 5.41) is 0. The summed E-state index contributed by atoms with van der Waals surface area (Å²) in [7, 11) is -3.00. The lowest BCUT2D eigenvalue weighted by Gasteiger charge is -2.26. The fraction of sp³-hybridized carbons (Fsp3) is 0.538. The summed E-state index contributed by atoms with van der Waals surface area (Å²) in [4.78, 5) is 0. The van der Waals surface area contributed by atoms with E-state index in [9.17, 15) is 8.42 Å². The van der Waals surface area contributed by atoms with Gasteiger partial charge < -0.3 is 0 Å². The first-order chi connectivity index (χ1) is 8.12. The highest BCUT2D eigenvalue weighted by molar-refractivity contribution is 7.89.